The predicted octanol–water partition coefficient (Wildman–Crippen LogP) is 5.12. The molecule has 7 nitrogen and oxygen atoms in total. The number of carbonyl (C=O) groups excluding carboxylic acids is 2. The molecule has 0 atom stereocenters. The summed E-state index contributed by atoms with van der Waals surface area (Å²) in [5, 5.41) is 7.25. The van der Waals surface area contributed by atoms with Crippen LogP contribution in [0.4, 0.5) is 10.1 Å². The van der Waals surface area contributed by atoms with Crippen LogP contribution in [0.1, 0.15) is 27.8 Å². The maximum Gasteiger partial charge on any atom is 0.358 e. The van der Waals surface area contributed by atoms with E-state index in [0.717, 1.165) is 0 Å². The third kappa shape index (κ3) is 4.80. The molecule has 0 unspecified atom stereocenters. The van der Waals surface area contributed by atoms with Crippen molar-refractivity contribution in [3.05, 3.63) is 95.9 Å². The molecule has 0 aliphatic heterocycles. The third-order valence-electron chi connectivity index (χ3n) is 5.03. The van der Waals surface area contributed by atoms with Crippen molar-refractivity contribution in [1.82, 2.24) is 9.78 Å². The van der Waals surface area contributed by atoms with Gasteiger partial charge in [-0.3, -0.25) is 4.79 Å². The summed E-state index contributed by atoms with van der Waals surface area (Å²) in [6, 6.07) is 21.4. The van der Waals surface area contributed by atoms with Crippen molar-refractivity contribution in [3.63, 3.8) is 0 Å². The maximum absolute atomic E-state index is 13.5. The zero-order chi connectivity index (χ0) is 24.1. The van der Waals surface area contributed by atoms with Gasteiger partial charge >= 0.3 is 5.97 Å². The van der Waals surface area contributed by atoms with Gasteiger partial charge in [-0.2, -0.15) is 5.10 Å². The van der Waals surface area contributed by atoms with E-state index < -0.39 is 5.97 Å². The first-order valence-electron chi connectivity index (χ1n) is 10.6. The van der Waals surface area contributed by atoms with Crippen molar-refractivity contribution in [2.45, 2.75) is 6.92 Å². The Kier molecular flexibility index (Phi) is 6.68. The van der Waals surface area contributed by atoms with E-state index >= 15 is 0 Å². The molecule has 8 heteroatoms. The number of hydrogen-bond acceptors (Lipinski definition) is 5. The van der Waals surface area contributed by atoms with Crippen LogP contribution >= 0.6 is 0 Å². The number of amides is 1. The smallest absolute Gasteiger partial charge is 0.358 e. The van der Waals surface area contributed by atoms with Crippen LogP contribution in [-0.4, -0.2) is 35.4 Å². The van der Waals surface area contributed by atoms with Crippen molar-refractivity contribution < 1.29 is 23.5 Å². The number of rotatable bonds is 7. The quantitative estimate of drug-likeness (QED) is 0.388. The van der Waals surface area contributed by atoms with E-state index in [0.29, 0.717) is 33.9 Å². The molecule has 4 aromatic rings. The van der Waals surface area contributed by atoms with Crippen LogP contribution in [0, 0.1) is 5.82 Å². The van der Waals surface area contributed by atoms with Gasteiger partial charge in [-0.25, -0.2) is 13.9 Å². The van der Waals surface area contributed by atoms with Crippen LogP contribution in [0.3, 0.4) is 0 Å². The van der Waals surface area contributed by atoms with Crippen molar-refractivity contribution in [3.8, 4) is 22.7 Å². The molecule has 1 amide bonds. The number of esters is 1. The molecule has 1 aromatic heterocycles. The molecule has 0 fully saturated rings. The first-order chi connectivity index (χ1) is 16.5. The highest BCUT2D eigenvalue weighted by atomic mass is 19.1. The fourth-order valence-corrected chi connectivity index (χ4v) is 3.46. The number of ether oxygens (including phenoxy) is 2. The standard InChI is InChI=1S/C26H22FN3O4/c1-3-34-26(32)22-16-23(30(29-22)20-13-11-18(27)12-14-20)17-7-6-8-19(15-17)28-25(31)21-9-4-5-10-24(21)33-2/h4-16H,3H2,1-2H3,(H,28,31). The number of methoxy groups -OCH3 is 1. The van der Waals surface area contributed by atoms with E-state index in [2.05, 4.69) is 10.4 Å². The third-order valence-corrected chi connectivity index (χ3v) is 5.03. The summed E-state index contributed by atoms with van der Waals surface area (Å²) in [4.78, 5) is 25.2. The van der Waals surface area contributed by atoms with E-state index in [1.54, 1.807) is 67.6 Å². The summed E-state index contributed by atoms with van der Waals surface area (Å²) in [5.74, 6) is -0.812. The Morgan fingerprint density at radius 2 is 1.76 bits per heavy atom. The number of halogens is 1. The molecule has 0 aliphatic carbocycles. The average molecular weight is 459 g/mol. The van der Waals surface area contributed by atoms with Gasteiger partial charge in [0.05, 0.1) is 30.7 Å². The number of para-hydroxylation sites is 1. The molecule has 0 radical (unpaired) electrons. The first kappa shape index (κ1) is 22.7. The second-order valence-electron chi connectivity index (χ2n) is 7.26. The van der Waals surface area contributed by atoms with Crippen molar-refractivity contribution >= 4 is 17.6 Å². The molecular formula is C26H22FN3O4. The molecule has 0 saturated heterocycles. The molecule has 0 aliphatic rings. The van der Waals surface area contributed by atoms with Crippen LogP contribution in [0.25, 0.3) is 16.9 Å². The highest BCUT2D eigenvalue weighted by Gasteiger charge is 2.19. The van der Waals surface area contributed by atoms with Crippen LogP contribution < -0.4 is 10.1 Å². The van der Waals surface area contributed by atoms with Crippen LogP contribution in [-0.2, 0) is 4.74 Å². The lowest BCUT2D eigenvalue weighted by Crippen LogP contribution is -2.13. The van der Waals surface area contributed by atoms with Gasteiger partial charge in [-0.1, -0.05) is 24.3 Å². The van der Waals surface area contributed by atoms with Gasteiger partial charge in [0.15, 0.2) is 5.69 Å². The second-order valence-corrected chi connectivity index (χ2v) is 7.26. The number of benzene rings is 3. The molecule has 1 heterocycles. The molecule has 1 N–H and O–H groups in total. The summed E-state index contributed by atoms with van der Waals surface area (Å²) in [6.07, 6.45) is 0. The Hall–Kier alpha value is -4.46. The summed E-state index contributed by atoms with van der Waals surface area (Å²) < 4.78 is 25.4. The lowest BCUT2D eigenvalue weighted by Gasteiger charge is -2.11. The lowest BCUT2D eigenvalue weighted by molar-refractivity contribution is 0.0519. The molecule has 0 bridgehead atoms. The van der Waals surface area contributed by atoms with Crippen molar-refractivity contribution in [2.24, 2.45) is 0 Å². The molecule has 4 rings (SSSR count). The van der Waals surface area contributed by atoms with Gasteiger partial charge in [-0.05, 0) is 61.5 Å². The van der Waals surface area contributed by atoms with E-state index in [9.17, 15) is 14.0 Å². The number of hydrogen-bond donors (Lipinski definition) is 1. The summed E-state index contributed by atoms with van der Waals surface area (Å²) in [7, 11) is 1.50. The van der Waals surface area contributed by atoms with E-state index in [1.165, 1.54) is 23.9 Å². The van der Waals surface area contributed by atoms with Crippen molar-refractivity contribution in [1.29, 1.82) is 0 Å². The predicted molar refractivity (Wildman–Crippen MR) is 126 cm³/mol. The minimum absolute atomic E-state index is 0.115. The SMILES string of the molecule is CCOC(=O)c1cc(-c2cccc(NC(=O)c3ccccc3OC)c2)n(-c2ccc(F)cc2)n1. The summed E-state index contributed by atoms with van der Waals surface area (Å²) in [5.41, 5.74) is 2.88. The zero-order valence-electron chi connectivity index (χ0n) is 18.6. The molecule has 0 spiro atoms. The highest BCUT2D eigenvalue weighted by Crippen LogP contribution is 2.28. The van der Waals surface area contributed by atoms with Gasteiger partial charge in [0.25, 0.3) is 5.91 Å². The molecule has 3 aromatic carbocycles. The summed E-state index contributed by atoms with van der Waals surface area (Å²) in [6.45, 7) is 1.92. The van der Waals surface area contributed by atoms with Crippen molar-refractivity contribution in [2.75, 3.05) is 19.0 Å². The van der Waals surface area contributed by atoms with Gasteiger partial charge in [0.1, 0.15) is 11.6 Å². The Morgan fingerprint density at radius 3 is 2.50 bits per heavy atom. The average Bonchev–Trinajstić information content (AvgIpc) is 3.30. The Bertz CT molecular complexity index is 1330. The minimum Gasteiger partial charge on any atom is -0.496 e. The zero-order valence-corrected chi connectivity index (χ0v) is 18.6. The Labute approximate surface area is 195 Å². The van der Waals surface area contributed by atoms with Crippen LogP contribution in [0.15, 0.2) is 78.9 Å². The van der Waals surface area contributed by atoms with Gasteiger partial charge < -0.3 is 14.8 Å². The topological polar surface area (TPSA) is 82.5 Å². The number of nitrogens with zero attached hydrogens (tertiary/aromatic N) is 2. The molecule has 0 saturated carbocycles. The summed E-state index contributed by atoms with van der Waals surface area (Å²) >= 11 is 0. The minimum atomic E-state index is -0.565. The Balaban J connectivity index is 1.71. The molecular weight excluding hydrogens is 437 g/mol. The van der Waals surface area contributed by atoms with E-state index in [1.807, 2.05) is 6.07 Å². The Morgan fingerprint density at radius 1 is 1.00 bits per heavy atom. The fraction of sp³-hybridized carbons (Fsp3) is 0.115. The van der Waals surface area contributed by atoms with E-state index in [-0.39, 0.29) is 24.0 Å². The number of carbonyl (C=O) groups is 2. The van der Waals surface area contributed by atoms with Crippen LogP contribution in [0.5, 0.6) is 5.75 Å². The normalized spacial score (nSPS) is 10.6. The molecule has 34 heavy (non-hydrogen) atoms. The van der Waals surface area contributed by atoms with E-state index in [4.69, 9.17) is 9.47 Å². The van der Waals surface area contributed by atoms with Gasteiger partial charge in [0, 0.05) is 11.3 Å². The molecule has 172 valence electrons. The first-order valence-corrected chi connectivity index (χ1v) is 10.6. The lowest BCUT2D eigenvalue weighted by atomic mass is 10.1. The number of nitrogens with one attached hydrogen (secondary N) is 1. The maximum atomic E-state index is 13.5. The highest BCUT2D eigenvalue weighted by molar-refractivity contribution is 6.06. The number of anilines is 1. The largest absolute Gasteiger partial charge is 0.496 e. The van der Waals surface area contributed by atoms with Gasteiger partial charge in [-0.15, -0.1) is 0 Å². The number of aromatic nitrogens is 2. The van der Waals surface area contributed by atoms with Gasteiger partial charge in [0.2, 0.25) is 0 Å². The van der Waals surface area contributed by atoms with Crippen LogP contribution in [0.2, 0.25) is 0 Å². The monoisotopic (exact) mass is 459 g/mol. The fourth-order valence-electron chi connectivity index (χ4n) is 3.46. The second kappa shape index (κ2) is 9.99.